The van der Waals surface area contributed by atoms with E-state index in [-0.39, 0.29) is 18.0 Å². The number of likely N-dealkylation sites (N-methyl/N-ethyl adjacent to an activating group) is 2. The van der Waals surface area contributed by atoms with Crippen LogP contribution in [0, 0.1) is 0 Å². The van der Waals surface area contributed by atoms with Crippen molar-refractivity contribution >= 4 is 5.91 Å². The summed E-state index contributed by atoms with van der Waals surface area (Å²) in [6, 6.07) is 12.7. The largest absolute Gasteiger partial charge is 0.468 e. The van der Waals surface area contributed by atoms with E-state index >= 15 is 0 Å². The van der Waals surface area contributed by atoms with Gasteiger partial charge in [0.25, 0.3) is 0 Å². The zero-order chi connectivity index (χ0) is 15.7. The summed E-state index contributed by atoms with van der Waals surface area (Å²) < 4.78 is 5.46. The second kappa shape index (κ2) is 5.97. The average molecular weight is 298 g/mol. The van der Waals surface area contributed by atoms with Crippen LogP contribution in [0.1, 0.15) is 29.9 Å². The van der Waals surface area contributed by atoms with Crippen molar-refractivity contribution in [2.24, 2.45) is 0 Å². The normalized spacial score (nSPS) is 20.2. The molecular formula is C18H22N2O2. The standard InChI is InChI=1S/C18H22N2O2/c1-13(21)20(3)18-16-9-5-4-7-14(16)11-17(18)19(2)12-15-8-6-10-22-15/h4-10,17-18H,11-12H2,1-3H3. The number of fused-ring (bicyclic) bond motifs is 1. The third-order valence-electron chi connectivity index (χ3n) is 4.63. The Morgan fingerprint density at radius 3 is 2.68 bits per heavy atom. The van der Waals surface area contributed by atoms with Crippen molar-refractivity contribution < 1.29 is 9.21 Å². The Hall–Kier alpha value is -2.07. The number of hydrogen-bond acceptors (Lipinski definition) is 3. The number of nitrogens with zero attached hydrogens (tertiary/aromatic N) is 2. The molecule has 1 aromatic carbocycles. The van der Waals surface area contributed by atoms with Crippen LogP contribution in [0.4, 0.5) is 0 Å². The molecule has 2 unspecified atom stereocenters. The van der Waals surface area contributed by atoms with Crippen molar-refractivity contribution in [2.75, 3.05) is 14.1 Å². The van der Waals surface area contributed by atoms with Crippen LogP contribution in [-0.4, -0.2) is 35.8 Å². The van der Waals surface area contributed by atoms with E-state index < -0.39 is 0 Å². The third-order valence-corrected chi connectivity index (χ3v) is 4.63. The average Bonchev–Trinajstić information content (AvgIpc) is 3.13. The maximum Gasteiger partial charge on any atom is 0.219 e. The van der Waals surface area contributed by atoms with E-state index in [4.69, 9.17) is 4.42 Å². The maximum atomic E-state index is 11.9. The molecule has 0 aliphatic heterocycles. The smallest absolute Gasteiger partial charge is 0.219 e. The molecule has 1 aromatic heterocycles. The number of furan rings is 1. The first-order valence-corrected chi connectivity index (χ1v) is 7.61. The molecule has 0 saturated carbocycles. The van der Waals surface area contributed by atoms with Crippen LogP contribution < -0.4 is 0 Å². The molecule has 116 valence electrons. The second-order valence-electron chi connectivity index (χ2n) is 6.04. The van der Waals surface area contributed by atoms with Crippen molar-refractivity contribution in [3.8, 4) is 0 Å². The summed E-state index contributed by atoms with van der Waals surface area (Å²) in [5.74, 6) is 1.04. The van der Waals surface area contributed by atoms with Gasteiger partial charge in [-0.15, -0.1) is 0 Å². The Bertz CT molecular complexity index is 651. The molecule has 1 aliphatic carbocycles. The summed E-state index contributed by atoms with van der Waals surface area (Å²) >= 11 is 0. The van der Waals surface area contributed by atoms with Crippen LogP contribution in [0.5, 0.6) is 0 Å². The van der Waals surface area contributed by atoms with Gasteiger partial charge in [-0.25, -0.2) is 0 Å². The minimum Gasteiger partial charge on any atom is -0.468 e. The zero-order valence-corrected chi connectivity index (χ0v) is 13.3. The van der Waals surface area contributed by atoms with Crippen LogP contribution in [0.3, 0.4) is 0 Å². The summed E-state index contributed by atoms with van der Waals surface area (Å²) in [5, 5.41) is 0. The fraction of sp³-hybridized carbons (Fsp3) is 0.389. The molecule has 1 heterocycles. The quantitative estimate of drug-likeness (QED) is 0.871. The summed E-state index contributed by atoms with van der Waals surface area (Å²) in [4.78, 5) is 16.1. The zero-order valence-electron chi connectivity index (χ0n) is 13.3. The number of carbonyl (C=O) groups excluding carboxylic acids is 1. The van der Waals surface area contributed by atoms with E-state index in [1.54, 1.807) is 13.2 Å². The SMILES string of the molecule is CC(=O)N(C)C1c2ccccc2CC1N(C)Cc1ccco1. The molecule has 4 heteroatoms. The van der Waals surface area contributed by atoms with E-state index in [0.29, 0.717) is 0 Å². The topological polar surface area (TPSA) is 36.7 Å². The van der Waals surface area contributed by atoms with Crippen molar-refractivity contribution in [3.63, 3.8) is 0 Å². The van der Waals surface area contributed by atoms with Gasteiger partial charge in [0.1, 0.15) is 5.76 Å². The van der Waals surface area contributed by atoms with E-state index in [1.807, 2.05) is 24.1 Å². The number of amides is 1. The molecule has 0 bridgehead atoms. The molecule has 0 N–H and O–H groups in total. The van der Waals surface area contributed by atoms with Crippen LogP contribution in [0.15, 0.2) is 47.1 Å². The van der Waals surface area contributed by atoms with Gasteiger partial charge in [0.15, 0.2) is 0 Å². The van der Waals surface area contributed by atoms with Crippen molar-refractivity contribution in [1.29, 1.82) is 0 Å². The number of benzene rings is 1. The summed E-state index contributed by atoms with van der Waals surface area (Å²) in [7, 11) is 3.99. The maximum absolute atomic E-state index is 11.9. The van der Waals surface area contributed by atoms with Crippen molar-refractivity contribution in [3.05, 3.63) is 59.5 Å². The lowest BCUT2D eigenvalue weighted by Gasteiger charge is -2.35. The van der Waals surface area contributed by atoms with Gasteiger partial charge < -0.3 is 9.32 Å². The highest BCUT2D eigenvalue weighted by molar-refractivity contribution is 5.74. The van der Waals surface area contributed by atoms with E-state index in [1.165, 1.54) is 11.1 Å². The van der Waals surface area contributed by atoms with Gasteiger partial charge in [-0.05, 0) is 36.7 Å². The van der Waals surface area contributed by atoms with Gasteiger partial charge in [0, 0.05) is 20.0 Å². The van der Waals surface area contributed by atoms with Crippen LogP contribution in [-0.2, 0) is 17.8 Å². The minimum absolute atomic E-state index is 0.0914. The lowest BCUT2D eigenvalue weighted by atomic mass is 10.0. The number of carbonyl (C=O) groups is 1. The lowest BCUT2D eigenvalue weighted by Crippen LogP contribution is -2.42. The highest BCUT2D eigenvalue weighted by Crippen LogP contribution is 2.38. The first-order valence-electron chi connectivity index (χ1n) is 7.61. The van der Waals surface area contributed by atoms with Crippen LogP contribution >= 0.6 is 0 Å². The van der Waals surface area contributed by atoms with Gasteiger partial charge in [0.05, 0.1) is 18.8 Å². The highest BCUT2D eigenvalue weighted by Gasteiger charge is 2.38. The van der Waals surface area contributed by atoms with Gasteiger partial charge in [-0.1, -0.05) is 24.3 Å². The predicted molar refractivity (Wildman–Crippen MR) is 85.3 cm³/mol. The van der Waals surface area contributed by atoms with Crippen LogP contribution in [0.25, 0.3) is 0 Å². The summed E-state index contributed by atoms with van der Waals surface area (Å²) in [6.45, 7) is 2.37. The molecule has 2 aromatic rings. The van der Waals surface area contributed by atoms with Gasteiger partial charge >= 0.3 is 0 Å². The van der Waals surface area contributed by atoms with Gasteiger partial charge in [-0.3, -0.25) is 9.69 Å². The predicted octanol–water partition coefficient (Wildman–Crippen LogP) is 2.86. The number of rotatable bonds is 4. The Balaban J connectivity index is 1.88. The first kappa shape index (κ1) is 14.9. The summed E-state index contributed by atoms with van der Waals surface area (Å²) in [5.41, 5.74) is 2.59. The molecule has 0 fully saturated rings. The van der Waals surface area contributed by atoms with E-state index in [2.05, 4.69) is 36.2 Å². The molecule has 3 rings (SSSR count). The van der Waals surface area contributed by atoms with E-state index in [9.17, 15) is 4.79 Å². The molecule has 0 saturated heterocycles. The lowest BCUT2D eigenvalue weighted by molar-refractivity contribution is -0.130. The molecule has 1 aliphatic rings. The van der Waals surface area contributed by atoms with Gasteiger partial charge in [0.2, 0.25) is 5.91 Å². The molecule has 2 atom stereocenters. The molecule has 22 heavy (non-hydrogen) atoms. The monoisotopic (exact) mass is 298 g/mol. The number of hydrogen-bond donors (Lipinski definition) is 0. The Kier molecular flexibility index (Phi) is 4.03. The van der Waals surface area contributed by atoms with Crippen molar-refractivity contribution in [2.45, 2.75) is 32.0 Å². The van der Waals surface area contributed by atoms with Crippen molar-refractivity contribution in [1.82, 2.24) is 9.80 Å². The Morgan fingerprint density at radius 2 is 2.00 bits per heavy atom. The van der Waals surface area contributed by atoms with Crippen LogP contribution in [0.2, 0.25) is 0 Å². The second-order valence-corrected chi connectivity index (χ2v) is 6.04. The molecule has 1 amide bonds. The third kappa shape index (κ3) is 2.66. The Labute approximate surface area is 131 Å². The fourth-order valence-electron chi connectivity index (χ4n) is 3.38. The van der Waals surface area contributed by atoms with Gasteiger partial charge in [-0.2, -0.15) is 0 Å². The Morgan fingerprint density at radius 1 is 1.23 bits per heavy atom. The molecule has 0 spiro atoms. The molecule has 4 nitrogen and oxygen atoms in total. The summed E-state index contributed by atoms with van der Waals surface area (Å²) in [6.07, 6.45) is 2.65. The highest BCUT2D eigenvalue weighted by atomic mass is 16.3. The van der Waals surface area contributed by atoms with E-state index in [0.717, 1.165) is 18.7 Å². The first-order chi connectivity index (χ1) is 10.6. The minimum atomic E-state index is 0.0914. The fourth-order valence-corrected chi connectivity index (χ4v) is 3.38. The molecule has 0 radical (unpaired) electrons. The molecular weight excluding hydrogens is 276 g/mol.